The maximum Gasteiger partial charge on any atom is 0.328 e. The molecule has 0 aromatic heterocycles. The van der Waals surface area contributed by atoms with Crippen LogP contribution < -0.4 is 9.47 Å². The van der Waals surface area contributed by atoms with Crippen LogP contribution in [0, 0.1) is 11.3 Å². The zero-order valence-corrected chi connectivity index (χ0v) is 21.1. The van der Waals surface area contributed by atoms with Gasteiger partial charge in [-0.3, -0.25) is 14.5 Å². The number of nitriles is 1. The summed E-state index contributed by atoms with van der Waals surface area (Å²) in [5.41, 5.74) is 1.85. The first-order valence-electron chi connectivity index (χ1n) is 10.2. The number of methoxy groups -OCH3 is 1. The van der Waals surface area contributed by atoms with E-state index in [1.807, 2.05) is 19.1 Å². The number of ether oxygens (including phenoxy) is 3. The molecule has 8 nitrogen and oxygen atoms in total. The molecule has 2 amide bonds. The summed E-state index contributed by atoms with van der Waals surface area (Å²) in [5, 5.41) is 8.74. The smallest absolute Gasteiger partial charge is 0.328 e. The van der Waals surface area contributed by atoms with Crippen molar-refractivity contribution in [3.63, 3.8) is 0 Å². The van der Waals surface area contributed by atoms with Gasteiger partial charge in [0, 0.05) is 5.56 Å². The first-order chi connectivity index (χ1) is 16.3. The molecular formula is C24H21BrN2O6S. The zero-order chi connectivity index (χ0) is 24.8. The highest BCUT2D eigenvalue weighted by molar-refractivity contribution is 9.10. The van der Waals surface area contributed by atoms with Crippen LogP contribution in [0.2, 0.25) is 0 Å². The van der Waals surface area contributed by atoms with Crippen molar-refractivity contribution in [2.24, 2.45) is 0 Å². The van der Waals surface area contributed by atoms with E-state index in [-0.39, 0.29) is 11.5 Å². The lowest BCUT2D eigenvalue weighted by molar-refractivity contribution is -0.148. The molecule has 0 spiro atoms. The molecule has 0 radical (unpaired) electrons. The third-order valence-corrected chi connectivity index (χ3v) is 6.37. The van der Waals surface area contributed by atoms with Crippen LogP contribution in [0.25, 0.3) is 6.08 Å². The van der Waals surface area contributed by atoms with Crippen molar-refractivity contribution in [3.8, 4) is 17.6 Å². The highest BCUT2D eigenvalue weighted by Gasteiger charge is 2.41. The van der Waals surface area contributed by atoms with Gasteiger partial charge in [0.05, 0.1) is 34.7 Å². The third-order valence-electron chi connectivity index (χ3n) is 4.89. The zero-order valence-electron chi connectivity index (χ0n) is 18.7. The topological polar surface area (TPSA) is 106 Å². The Labute approximate surface area is 209 Å². The maximum atomic E-state index is 12.8. The number of benzene rings is 2. The lowest BCUT2D eigenvalue weighted by Crippen LogP contribution is -2.42. The van der Waals surface area contributed by atoms with E-state index in [4.69, 9.17) is 9.47 Å². The van der Waals surface area contributed by atoms with Gasteiger partial charge in [-0.2, -0.15) is 5.26 Å². The monoisotopic (exact) mass is 544 g/mol. The summed E-state index contributed by atoms with van der Waals surface area (Å²) in [6.07, 6.45) is 1.55. The predicted octanol–water partition coefficient (Wildman–Crippen LogP) is 4.90. The summed E-state index contributed by atoms with van der Waals surface area (Å²) in [7, 11) is 1.20. The molecule has 1 aliphatic rings. The number of halogens is 1. The SMILES string of the molecule is CCOc1cc(/C=C2/SC(=O)N([C@@H](C)C(=O)OC)C2=O)cc(Br)c1OCc1ccccc1C#N. The summed E-state index contributed by atoms with van der Waals surface area (Å²) >= 11 is 4.23. The fourth-order valence-electron chi connectivity index (χ4n) is 3.22. The Hall–Kier alpha value is -3.29. The summed E-state index contributed by atoms with van der Waals surface area (Å²) in [5.74, 6) is -0.376. The molecule has 1 fully saturated rings. The molecule has 1 aliphatic heterocycles. The lowest BCUT2D eigenvalue weighted by Gasteiger charge is -2.18. The number of hydrogen-bond acceptors (Lipinski definition) is 8. The normalized spacial score (nSPS) is 15.3. The second kappa shape index (κ2) is 11.2. The van der Waals surface area contributed by atoms with E-state index >= 15 is 0 Å². The second-order valence-electron chi connectivity index (χ2n) is 7.07. The molecule has 176 valence electrons. The number of thioether (sulfide) groups is 1. The molecular weight excluding hydrogens is 524 g/mol. The van der Waals surface area contributed by atoms with Gasteiger partial charge in [-0.25, -0.2) is 4.79 Å². The highest BCUT2D eigenvalue weighted by atomic mass is 79.9. The van der Waals surface area contributed by atoms with E-state index in [0.717, 1.165) is 22.2 Å². The van der Waals surface area contributed by atoms with E-state index in [1.165, 1.54) is 14.0 Å². The van der Waals surface area contributed by atoms with E-state index in [0.29, 0.717) is 33.7 Å². The average molecular weight is 545 g/mol. The number of carbonyl (C=O) groups is 3. The molecule has 1 atom stereocenters. The molecule has 3 rings (SSSR count). The number of esters is 1. The van der Waals surface area contributed by atoms with Crippen molar-refractivity contribution >= 4 is 50.9 Å². The van der Waals surface area contributed by atoms with Gasteiger partial charge in [-0.1, -0.05) is 18.2 Å². The third kappa shape index (κ3) is 5.43. The largest absolute Gasteiger partial charge is 0.490 e. The Balaban J connectivity index is 1.89. The number of imide groups is 1. The maximum absolute atomic E-state index is 12.8. The number of rotatable bonds is 8. The molecule has 0 bridgehead atoms. The fourth-order valence-corrected chi connectivity index (χ4v) is 4.70. The summed E-state index contributed by atoms with van der Waals surface area (Å²) in [6.45, 7) is 3.79. The fraction of sp³-hybridized carbons (Fsp3) is 0.250. The molecule has 2 aromatic rings. The molecule has 2 aromatic carbocycles. The Kier molecular flexibility index (Phi) is 8.36. The van der Waals surface area contributed by atoms with Crippen LogP contribution in [0.4, 0.5) is 4.79 Å². The Morgan fingerprint density at radius 2 is 2.00 bits per heavy atom. The molecule has 1 saturated heterocycles. The van der Waals surface area contributed by atoms with Crippen molar-refractivity contribution in [3.05, 3.63) is 62.5 Å². The van der Waals surface area contributed by atoms with Crippen molar-refractivity contribution in [2.45, 2.75) is 26.5 Å². The number of nitrogens with zero attached hydrogens (tertiary/aromatic N) is 2. The van der Waals surface area contributed by atoms with Crippen LogP contribution in [0.1, 0.15) is 30.5 Å². The number of hydrogen-bond donors (Lipinski definition) is 0. The molecule has 10 heteroatoms. The lowest BCUT2D eigenvalue weighted by atomic mass is 10.1. The Morgan fingerprint density at radius 1 is 1.26 bits per heavy atom. The van der Waals surface area contributed by atoms with Gasteiger partial charge in [0.15, 0.2) is 11.5 Å². The minimum atomic E-state index is -1.03. The average Bonchev–Trinajstić information content (AvgIpc) is 3.10. The summed E-state index contributed by atoms with van der Waals surface area (Å²) < 4.78 is 16.9. The predicted molar refractivity (Wildman–Crippen MR) is 130 cm³/mol. The first-order valence-corrected chi connectivity index (χ1v) is 11.8. The molecule has 34 heavy (non-hydrogen) atoms. The number of carbonyl (C=O) groups excluding carboxylic acids is 3. The Morgan fingerprint density at radius 3 is 2.68 bits per heavy atom. The molecule has 0 saturated carbocycles. The van der Waals surface area contributed by atoms with E-state index in [2.05, 4.69) is 26.7 Å². The molecule has 1 heterocycles. The molecule has 0 N–H and O–H groups in total. The minimum absolute atomic E-state index is 0.159. The minimum Gasteiger partial charge on any atom is -0.490 e. The molecule has 0 aliphatic carbocycles. The van der Waals surface area contributed by atoms with Gasteiger partial charge < -0.3 is 14.2 Å². The van der Waals surface area contributed by atoms with E-state index in [9.17, 15) is 19.6 Å². The van der Waals surface area contributed by atoms with Crippen LogP contribution in [-0.4, -0.2) is 41.8 Å². The van der Waals surface area contributed by atoms with Crippen LogP contribution in [0.3, 0.4) is 0 Å². The summed E-state index contributed by atoms with van der Waals surface area (Å²) in [4.78, 5) is 38.0. The second-order valence-corrected chi connectivity index (χ2v) is 8.92. The van der Waals surface area contributed by atoms with E-state index < -0.39 is 23.2 Å². The van der Waals surface area contributed by atoms with Crippen LogP contribution >= 0.6 is 27.7 Å². The van der Waals surface area contributed by atoms with Gasteiger partial charge in [0.25, 0.3) is 11.1 Å². The Bertz CT molecular complexity index is 1210. The van der Waals surface area contributed by atoms with E-state index in [1.54, 1.807) is 30.3 Å². The van der Waals surface area contributed by atoms with Gasteiger partial charge >= 0.3 is 5.97 Å². The van der Waals surface area contributed by atoms with Crippen molar-refractivity contribution < 1.29 is 28.6 Å². The van der Waals surface area contributed by atoms with Crippen LogP contribution in [0.15, 0.2) is 45.8 Å². The van der Waals surface area contributed by atoms with Crippen molar-refractivity contribution in [1.82, 2.24) is 4.90 Å². The quantitative estimate of drug-likeness (QED) is 0.341. The summed E-state index contributed by atoms with van der Waals surface area (Å²) in [6, 6.07) is 11.7. The van der Waals surface area contributed by atoms with Gasteiger partial charge in [-0.15, -0.1) is 0 Å². The van der Waals surface area contributed by atoms with Gasteiger partial charge in [0.1, 0.15) is 12.6 Å². The van der Waals surface area contributed by atoms with Crippen LogP contribution in [-0.2, 0) is 20.9 Å². The van der Waals surface area contributed by atoms with Crippen LogP contribution in [0.5, 0.6) is 11.5 Å². The van der Waals surface area contributed by atoms with Crippen molar-refractivity contribution in [2.75, 3.05) is 13.7 Å². The number of amides is 2. The standard InChI is InChI=1S/C24H21BrN2O6S/c1-4-32-19-10-15(11-20-22(28)27(24(30)34-20)14(2)23(29)31-3)9-18(25)21(19)33-13-17-8-6-5-7-16(17)12-26/h5-11,14H,4,13H2,1-3H3/b20-11+/t14-/m0/s1. The van der Waals surface area contributed by atoms with Gasteiger partial charge in [0.2, 0.25) is 0 Å². The molecule has 0 unspecified atom stereocenters. The first kappa shape index (κ1) is 25.3. The van der Waals surface area contributed by atoms with Crippen molar-refractivity contribution in [1.29, 1.82) is 5.26 Å². The highest BCUT2D eigenvalue weighted by Crippen LogP contribution is 2.40. The van der Waals surface area contributed by atoms with Gasteiger partial charge in [-0.05, 0) is 71.4 Å².